The van der Waals surface area contributed by atoms with Gasteiger partial charge >= 0.3 is 0 Å². The van der Waals surface area contributed by atoms with Crippen molar-refractivity contribution in [1.82, 2.24) is 0 Å². The molecule has 0 aliphatic carbocycles. The van der Waals surface area contributed by atoms with Crippen LogP contribution in [-0.2, 0) is 0 Å². The Morgan fingerprint density at radius 2 is 1.85 bits per heavy atom. The van der Waals surface area contributed by atoms with Crippen molar-refractivity contribution in [2.45, 2.75) is 25.7 Å². The van der Waals surface area contributed by atoms with E-state index >= 15 is 0 Å². The summed E-state index contributed by atoms with van der Waals surface area (Å²) >= 11 is 0. The fourth-order valence-corrected chi connectivity index (χ4v) is 2.37. The van der Waals surface area contributed by atoms with Gasteiger partial charge in [-0.1, -0.05) is 42.5 Å². The zero-order chi connectivity index (χ0) is 14.2. The van der Waals surface area contributed by atoms with Crippen molar-refractivity contribution >= 4 is 0 Å². The van der Waals surface area contributed by atoms with E-state index in [2.05, 4.69) is 43.3 Å². The van der Waals surface area contributed by atoms with E-state index in [1.807, 2.05) is 18.2 Å². The van der Waals surface area contributed by atoms with Crippen LogP contribution in [0.15, 0.2) is 54.6 Å². The van der Waals surface area contributed by atoms with E-state index in [9.17, 15) is 0 Å². The van der Waals surface area contributed by atoms with E-state index in [0.29, 0.717) is 12.5 Å². The molecule has 0 amide bonds. The first-order valence-corrected chi connectivity index (χ1v) is 7.24. The fourth-order valence-electron chi connectivity index (χ4n) is 2.37. The average Bonchev–Trinajstić information content (AvgIpc) is 2.48. The Hall–Kier alpha value is -1.80. The smallest absolute Gasteiger partial charge is 0.119 e. The molecular formula is C18H23NO. The van der Waals surface area contributed by atoms with Crippen LogP contribution < -0.4 is 10.5 Å². The lowest BCUT2D eigenvalue weighted by Gasteiger charge is -2.15. The van der Waals surface area contributed by atoms with Gasteiger partial charge in [-0.05, 0) is 55.5 Å². The molecule has 2 heteroatoms. The highest BCUT2D eigenvalue weighted by molar-refractivity contribution is 5.27. The third-order valence-corrected chi connectivity index (χ3v) is 3.51. The lowest BCUT2D eigenvalue weighted by Crippen LogP contribution is -2.13. The third-order valence-electron chi connectivity index (χ3n) is 3.51. The number of aryl methyl sites for hydroxylation is 1. The summed E-state index contributed by atoms with van der Waals surface area (Å²) in [5, 5.41) is 0. The molecule has 0 bridgehead atoms. The van der Waals surface area contributed by atoms with Crippen molar-refractivity contribution in [1.29, 1.82) is 0 Å². The van der Waals surface area contributed by atoms with Crippen LogP contribution >= 0.6 is 0 Å². The molecule has 2 rings (SSSR count). The van der Waals surface area contributed by atoms with Crippen molar-refractivity contribution in [2.24, 2.45) is 5.73 Å². The summed E-state index contributed by atoms with van der Waals surface area (Å²) in [6.07, 6.45) is 2.08. The van der Waals surface area contributed by atoms with E-state index in [-0.39, 0.29) is 0 Å². The van der Waals surface area contributed by atoms with Gasteiger partial charge in [0.05, 0.1) is 6.61 Å². The van der Waals surface area contributed by atoms with E-state index in [1.165, 1.54) is 11.1 Å². The molecule has 0 saturated heterocycles. The van der Waals surface area contributed by atoms with E-state index in [0.717, 1.165) is 25.2 Å². The predicted molar refractivity (Wildman–Crippen MR) is 84.1 cm³/mol. The summed E-state index contributed by atoms with van der Waals surface area (Å²) in [7, 11) is 0. The Morgan fingerprint density at radius 3 is 2.55 bits per heavy atom. The van der Waals surface area contributed by atoms with Gasteiger partial charge in [0.15, 0.2) is 0 Å². The molecule has 0 spiro atoms. The van der Waals surface area contributed by atoms with Crippen LogP contribution in [0.25, 0.3) is 0 Å². The molecule has 0 fully saturated rings. The molecule has 106 valence electrons. The summed E-state index contributed by atoms with van der Waals surface area (Å²) < 4.78 is 5.78. The summed E-state index contributed by atoms with van der Waals surface area (Å²) in [5.74, 6) is 1.38. The minimum Gasteiger partial charge on any atom is -0.494 e. The second kappa shape index (κ2) is 7.71. The molecule has 0 heterocycles. The predicted octanol–water partition coefficient (Wildman–Crippen LogP) is 3.90. The molecule has 0 aliphatic heterocycles. The molecule has 2 nitrogen and oxygen atoms in total. The second-order valence-corrected chi connectivity index (χ2v) is 5.15. The van der Waals surface area contributed by atoms with Crippen LogP contribution in [0.3, 0.4) is 0 Å². The molecule has 2 N–H and O–H groups in total. The maximum Gasteiger partial charge on any atom is 0.119 e. The van der Waals surface area contributed by atoms with Crippen LogP contribution in [0.4, 0.5) is 0 Å². The quantitative estimate of drug-likeness (QED) is 0.774. The van der Waals surface area contributed by atoms with Crippen molar-refractivity contribution in [3.05, 3.63) is 65.7 Å². The number of hydrogen-bond donors (Lipinski definition) is 1. The SMILES string of the molecule is Cc1cccc(OCCCC(CN)c2ccccc2)c1. The minimum absolute atomic E-state index is 0.428. The molecule has 0 radical (unpaired) electrons. The third kappa shape index (κ3) is 4.39. The maximum absolute atomic E-state index is 5.88. The summed E-state index contributed by atoms with van der Waals surface area (Å²) in [4.78, 5) is 0. The number of benzene rings is 2. The standard InChI is InChI=1S/C18H23NO/c1-15-7-5-11-18(13-15)20-12-6-10-17(14-19)16-8-3-2-4-9-16/h2-5,7-9,11,13,17H,6,10,12,14,19H2,1H3. The number of rotatable bonds is 7. The van der Waals surface area contributed by atoms with Crippen LogP contribution in [0.5, 0.6) is 5.75 Å². The highest BCUT2D eigenvalue weighted by atomic mass is 16.5. The molecule has 1 unspecified atom stereocenters. The van der Waals surface area contributed by atoms with Crippen LogP contribution in [-0.4, -0.2) is 13.2 Å². The van der Waals surface area contributed by atoms with E-state index in [4.69, 9.17) is 10.5 Å². The molecule has 20 heavy (non-hydrogen) atoms. The van der Waals surface area contributed by atoms with Gasteiger partial charge in [0, 0.05) is 0 Å². The van der Waals surface area contributed by atoms with Crippen molar-refractivity contribution < 1.29 is 4.74 Å². The Labute approximate surface area is 121 Å². The number of hydrogen-bond acceptors (Lipinski definition) is 2. The van der Waals surface area contributed by atoms with Gasteiger partial charge in [-0.15, -0.1) is 0 Å². The van der Waals surface area contributed by atoms with E-state index < -0.39 is 0 Å². The van der Waals surface area contributed by atoms with Crippen molar-refractivity contribution in [3.63, 3.8) is 0 Å². The topological polar surface area (TPSA) is 35.2 Å². The Bertz CT molecular complexity index is 510. The number of nitrogens with two attached hydrogens (primary N) is 1. The van der Waals surface area contributed by atoms with Gasteiger partial charge in [-0.3, -0.25) is 0 Å². The maximum atomic E-state index is 5.88. The van der Waals surface area contributed by atoms with Gasteiger partial charge in [0.25, 0.3) is 0 Å². The monoisotopic (exact) mass is 269 g/mol. The summed E-state index contributed by atoms with van der Waals surface area (Å²) in [5.41, 5.74) is 8.43. The first-order valence-electron chi connectivity index (χ1n) is 7.24. The summed E-state index contributed by atoms with van der Waals surface area (Å²) in [6.45, 7) is 3.51. The van der Waals surface area contributed by atoms with Crippen LogP contribution in [0.1, 0.15) is 29.9 Å². The molecule has 1 atom stereocenters. The van der Waals surface area contributed by atoms with Crippen molar-refractivity contribution in [2.75, 3.05) is 13.2 Å². The van der Waals surface area contributed by atoms with E-state index in [1.54, 1.807) is 0 Å². The molecular weight excluding hydrogens is 246 g/mol. The minimum atomic E-state index is 0.428. The second-order valence-electron chi connectivity index (χ2n) is 5.15. The normalized spacial score (nSPS) is 12.1. The largest absolute Gasteiger partial charge is 0.494 e. The molecule has 2 aromatic carbocycles. The van der Waals surface area contributed by atoms with Gasteiger partial charge in [0.2, 0.25) is 0 Å². The Balaban J connectivity index is 1.77. The zero-order valence-electron chi connectivity index (χ0n) is 12.1. The Morgan fingerprint density at radius 1 is 1.05 bits per heavy atom. The molecule has 0 saturated carbocycles. The highest BCUT2D eigenvalue weighted by Gasteiger charge is 2.08. The molecule has 0 aliphatic rings. The summed E-state index contributed by atoms with van der Waals surface area (Å²) in [6, 6.07) is 18.7. The van der Waals surface area contributed by atoms with Gasteiger partial charge in [-0.2, -0.15) is 0 Å². The van der Waals surface area contributed by atoms with Gasteiger partial charge in [-0.25, -0.2) is 0 Å². The lowest BCUT2D eigenvalue weighted by molar-refractivity contribution is 0.301. The Kier molecular flexibility index (Phi) is 5.63. The highest BCUT2D eigenvalue weighted by Crippen LogP contribution is 2.20. The molecule has 2 aromatic rings. The zero-order valence-corrected chi connectivity index (χ0v) is 12.1. The van der Waals surface area contributed by atoms with Gasteiger partial charge < -0.3 is 10.5 Å². The average molecular weight is 269 g/mol. The number of ether oxygens (including phenoxy) is 1. The van der Waals surface area contributed by atoms with Crippen LogP contribution in [0.2, 0.25) is 0 Å². The fraction of sp³-hybridized carbons (Fsp3) is 0.333. The van der Waals surface area contributed by atoms with Gasteiger partial charge in [0.1, 0.15) is 5.75 Å². The first kappa shape index (κ1) is 14.6. The first-order chi connectivity index (χ1) is 9.79. The molecule has 0 aromatic heterocycles. The van der Waals surface area contributed by atoms with Crippen molar-refractivity contribution in [3.8, 4) is 5.75 Å². The van der Waals surface area contributed by atoms with Crippen LogP contribution in [0, 0.1) is 6.92 Å². The lowest BCUT2D eigenvalue weighted by atomic mass is 9.95.